The summed E-state index contributed by atoms with van der Waals surface area (Å²) in [5.74, 6) is 0. The van der Waals surface area contributed by atoms with Crippen LogP contribution in [-0.2, 0) is 21.1 Å². The van der Waals surface area contributed by atoms with Gasteiger partial charge >= 0.3 is 21.1 Å². The topological polar surface area (TPSA) is 56.7 Å². The summed E-state index contributed by atoms with van der Waals surface area (Å²) in [5, 5.41) is 7.42. The van der Waals surface area contributed by atoms with E-state index in [1.165, 1.54) is 0 Å². The zero-order valence-electron chi connectivity index (χ0n) is 28.4. The monoisotopic (exact) mass is 865 g/mol. The number of nitrogens with zero attached hydrogens (tertiary/aromatic N) is 4. The Kier molecular flexibility index (Phi) is 7.76. The summed E-state index contributed by atoms with van der Waals surface area (Å²) in [6.45, 7) is 4.71. The molecule has 0 unspecified atom stereocenters. The number of fused-ring (bicyclic) bond motifs is 8. The maximum absolute atomic E-state index is 6.76. The van der Waals surface area contributed by atoms with E-state index in [4.69, 9.17) is 19.4 Å². The Labute approximate surface area is 315 Å². The summed E-state index contributed by atoms with van der Waals surface area (Å²) < 4.78 is 9.13. The van der Waals surface area contributed by atoms with Crippen molar-refractivity contribution < 1.29 is 25.5 Å². The second kappa shape index (κ2) is 12.5. The van der Waals surface area contributed by atoms with Gasteiger partial charge in [-0.25, -0.2) is 0 Å². The van der Waals surface area contributed by atoms with Crippen LogP contribution < -0.4 is 10.6 Å². The number of furan rings is 1. The van der Waals surface area contributed by atoms with Gasteiger partial charge < -0.3 is 19.0 Å². The molecule has 10 aromatic rings. The fourth-order valence-electron chi connectivity index (χ4n) is 7.50. The second-order valence-electron chi connectivity index (χ2n) is 13.5. The zero-order chi connectivity index (χ0) is 34.1. The molecule has 0 bridgehead atoms. The van der Waals surface area contributed by atoms with Crippen molar-refractivity contribution in [2.75, 3.05) is 0 Å². The van der Waals surface area contributed by atoms with Gasteiger partial charge in [0.15, 0.2) is 8.07 Å². The van der Waals surface area contributed by atoms with Crippen molar-refractivity contribution in [2.24, 2.45) is 0 Å². The summed E-state index contributed by atoms with van der Waals surface area (Å²) >= 11 is 0. The summed E-state index contributed by atoms with van der Waals surface area (Å²) in [7, 11) is -2.63. The van der Waals surface area contributed by atoms with Crippen molar-refractivity contribution in [3.8, 4) is 28.2 Å². The Hall–Kier alpha value is -5.68. The quantitative estimate of drug-likeness (QED) is 0.128. The van der Waals surface area contributed by atoms with Crippen LogP contribution in [0.15, 0.2) is 150 Å². The molecule has 0 atom stereocenters. The molecule has 5 aromatic carbocycles. The minimum Gasteiger partial charge on any atom is -0.498 e. The third kappa shape index (κ3) is 4.97. The largest absolute Gasteiger partial charge is 2.00 e. The number of pyridine rings is 3. The van der Waals surface area contributed by atoms with Crippen LogP contribution in [0.5, 0.6) is 0 Å². The molecule has 0 aliphatic carbocycles. The second-order valence-corrected chi connectivity index (χ2v) is 17.7. The zero-order valence-corrected chi connectivity index (χ0v) is 31.6. The first kappa shape index (κ1) is 32.2. The van der Waals surface area contributed by atoms with E-state index in [1.54, 1.807) is 0 Å². The molecule has 0 saturated carbocycles. The van der Waals surface area contributed by atoms with Gasteiger partial charge in [-0.15, -0.1) is 54.1 Å². The SMILES string of the molecule is C[Si](C)(c1cccc(-c2[c-]cccc2)n1)c1nc(-c2[c-]ccc3c2oc2c4ccccc4cnc32)cc2c3ccccc3n(-c3ccccc3)c12.[Pt+2]. The van der Waals surface area contributed by atoms with Gasteiger partial charge in [-0.3, -0.25) is 4.98 Å². The molecule has 0 aliphatic rings. The Morgan fingerprint density at radius 3 is 2.27 bits per heavy atom. The summed E-state index contributed by atoms with van der Waals surface area (Å²) in [6, 6.07) is 54.9. The number of para-hydroxylation sites is 2. The van der Waals surface area contributed by atoms with E-state index >= 15 is 0 Å². The Morgan fingerprint density at radius 1 is 0.635 bits per heavy atom. The van der Waals surface area contributed by atoms with Crippen molar-refractivity contribution in [3.63, 3.8) is 0 Å². The van der Waals surface area contributed by atoms with Gasteiger partial charge in [0.05, 0.1) is 22.1 Å². The standard InChI is InChI=1S/C45H30N4OSi.Pt/c1-51(2,40-26-14-24-37(47-40)29-15-5-3-6-16-29)45-42-36(33-21-11-12-25-39(33)49(42)31-18-7-4-8-19-31)27-38(48-45)34-22-13-23-35-41-44(50-43(34)35)32-20-10-9-17-30(32)28-46-41;/h3-15,17-21,23-28H,1-2H3;/q-2;+2. The van der Waals surface area contributed by atoms with Gasteiger partial charge in [-0.2, -0.15) is 0 Å². The van der Waals surface area contributed by atoms with E-state index in [0.29, 0.717) is 0 Å². The minimum absolute atomic E-state index is 0. The van der Waals surface area contributed by atoms with Crippen LogP contribution in [0.4, 0.5) is 0 Å². The van der Waals surface area contributed by atoms with Crippen LogP contribution in [0.25, 0.3) is 82.8 Å². The predicted molar refractivity (Wildman–Crippen MR) is 211 cm³/mol. The first-order valence-electron chi connectivity index (χ1n) is 17.1. The summed E-state index contributed by atoms with van der Waals surface area (Å²) in [4.78, 5) is 15.8. The van der Waals surface area contributed by atoms with Crippen LogP contribution in [0, 0.1) is 12.1 Å². The number of rotatable bonds is 5. The third-order valence-corrected chi connectivity index (χ3v) is 13.1. The molecule has 5 aromatic heterocycles. The fraction of sp³-hybridized carbons (Fsp3) is 0.0444. The first-order chi connectivity index (χ1) is 25.1. The molecule has 0 amide bonds. The van der Waals surface area contributed by atoms with E-state index in [0.717, 1.165) is 93.5 Å². The maximum atomic E-state index is 6.76. The number of aromatic nitrogens is 4. The molecular formula is C45H30N4OPtSi. The van der Waals surface area contributed by atoms with Gasteiger partial charge in [0, 0.05) is 44.1 Å². The molecule has 10 rings (SSSR count). The number of hydrogen-bond donors (Lipinski definition) is 0. The van der Waals surface area contributed by atoms with Gasteiger partial charge in [0.25, 0.3) is 0 Å². The van der Waals surface area contributed by atoms with Crippen LogP contribution >= 0.6 is 0 Å². The minimum atomic E-state index is -2.63. The van der Waals surface area contributed by atoms with E-state index in [9.17, 15) is 0 Å². The molecular weight excluding hydrogens is 836 g/mol. The van der Waals surface area contributed by atoms with Gasteiger partial charge in [0.2, 0.25) is 0 Å². The molecule has 52 heavy (non-hydrogen) atoms. The van der Waals surface area contributed by atoms with Crippen LogP contribution in [0.2, 0.25) is 13.1 Å². The summed E-state index contributed by atoms with van der Waals surface area (Å²) in [5.41, 5.74) is 9.20. The third-order valence-electron chi connectivity index (χ3n) is 10.1. The Morgan fingerprint density at radius 2 is 1.42 bits per heavy atom. The molecule has 250 valence electrons. The fourth-order valence-corrected chi connectivity index (χ4v) is 9.90. The van der Waals surface area contributed by atoms with Gasteiger partial charge in [0.1, 0.15) is 5.58 Å². The average molecular weight is 866 g/mol. The smallest absolute Gasteiger partial charge is 0.498 e. The molecule has 0 N–H and O–H groups in total. The van der Waals surface area contributed by atoms with Crippen molar-refractivity contribution in [1.82, 2.24) is 19.5 Å². The number of benzene rings is 5. The molecule has 0 aliphatic heterocycles. The molecule has 0 saturated heterocycles. The molecule has 0 fully saturated rings. The summed E-state index contributed by atoms with van der Waals surface area (Å²) in [6.07, 6.45) is 1.92. The van der Waals surface area contributed by atoms with E-state index in [1.807, 2.05) is 48.7 Å². The van der Waals surface area contributed by atoms with Gasteiger partial charge in [-0.05, 0) is 41.0 Å². The van der Waals surface area contributed by atoms with Crippen molar-refractivity contribution in [1.29, 1.82) is 0 Å². The van der Waals surface area contributed by atoms with Crippen LogP contribution in [0.1, 0.15) is 0 Å². The van der Waals surface area contributed by atoms with Gasteiger partial charge in [-0.1, -0.05) is 97.5 Å². The van der Waals surface area contributed by atoms with Crippen LogP contribution in [0.3, 0.4) is 0 Å². The maximum Gasteiger partial charge on any atom is 2.00 e. The van der Waals surface area contributed by atoms with Crippen LogP contribution in [-0.4, -0.2) is 27.6 Å². The van der Waals surface area contributed by atoms with Crippen molar-refractivity contribution in [3.05, 3.63) is 158 Å². The van der Waals surface area contributed by atoms with E-state index < -0.39 is 8.07 Å². The van der Waals surface area contributed by atoms with E-state index in [2.05, 4.69) is 127 Å². The first-order valence-corrected chi connectivity index (χ1v) is 20.1. The Balaban J connectivity index is 0.00000360. The molecule has 5 heterocycles. The predicted octanol–water partition coefficient (Wildman–Crippen LogP) is 9.78. The molecule has 0 spiro atoms. The number of hydrogen-bond acceptors (Lipinski definition) is 4. The average Bonchev–Trinajstić information content (AvgIpc) is 3.75. The van der Waals surface area contributed by atoms with Crippen molar-refractivity contribution >= 4 is 73.4 Å². The Bertz CT molecular complexity index is 2950. The molecule has 0 radical (unpaired) electrons. The van der Waals surface area contributed by atoms with Crippen molar-refractivity contribution in [2.45, 2.75) is 13.1 Å². The van der Waals surface area contributed by atoms with E-state index in [-0.39, 0.29) is 21.1 Å². The normalized spacial score (nSPS) is 11.9. The molecule has 5 nitrogen and oxygen atoms in total. The molecule has 7 heteroatoms.